The predicted molar refractivity (Wildman–Crippen MR) is 71.3 cm³/mol. The Morgan fingerprint density at radius 2 is 2.29 bits per heavy atom. The van der Waals surface area contributed by atoms with E-state index >= 15 is 0 Å². The number of nitrogens with two attached hydrogens (primary N) is 1. The summed E-state index contributed by atoms with van der Waals surface area (Å²) >= 11 is 7.51. The minimum Gasteiger partial charge on any atom is -0.468 e. The number of rotatable bonds is 5. The number of hydrogen-bond donors (Lipinski definition) is 1. The van der Waals surface area contributed by atoms with E-state index in [1.165, 1.54) is 4.88 Å². The van der Waals surface area contributed by atoms with Crippen LogP contribution < -0.4 is 5.73 Å². The summed E-state index contributed by atoms with van der Waals surface area (Å²) in [6, 6.07) is 7.90. The highest BCUT2D eigenvalue weighted by molar-refractivity contribution is 7.16. The van der Waals surface area contributed by atoms with Crippen molar-refractivity contribution in [3.05, 3.63) is 45.5 Å². The van der Waals surface area contributed by atoms with Gasteiger partial charge in [-0.05, 0) is 31.3 Å². The molecule has 0 fully saturated rings. The van der Waals surface area contributed by atoms with Gasteiger partial charge in [0.05, 0.1) is 16.6 Å². The normalized spacial score (nSPS) is 13.2. The number of halogens is 1. The first-order valence-electron chi connectivity index (χ1n) is 5.38. The fraction of sp³-hybridized carbons (Fsp3) is 0.333. The molecule has 2 N–H and O–H groups in total. The number of nitrogens with zero attached hydrogens (tertiary/aromatic N) is 1. The van der Waals surface area contributed by atoms with Crippen LogP contribution in [0.2, 0.25) is 4.34 Å². The molecule has 0 radical (unpaired) electrons. The lowest BCUT2D eigenvalue weighted by Crippen LogP contribution is -2.29. The summed E-state index contributed by atoms with van der Waals surface area (Å²) in [5.41, 5.74) is 5.80. The van der Waals surface area contributed by atoms with Gasteiger partial charge in [-0.2, -0.15) is 0 Å². The minimum absolute atomic E-state index is 0.103. The molecule has 3 nitrogen and oxygen atoms in total. The highest BCUT2D eigenvalue weighted by Crippen LogP contribution is 2.26. The molecule has 2 heterocycles. The zero-order valence-corrected chi connectivity index (χ0v) is 11.2. The van der Waals surface area contributed by atoms with E-state index < -0.39 is 0 Å². The summed E-state index contributed by atoms with van der Waals surface area (Å²) in [6.45, 7) is 1.35. The maximum atomic E-state index is 5.91. The summed E-state index contributed by atoms with van der Waals surface area (Å²) in [5.74, 6) is 0.901. The standard InChI is InChI=1S/C12H15ClN2OS/c1-15(8-9-4-5-12(13)17-9)10(7-14)11-3-2-6-16-11/h2-6,10H,7-8,14H2,1H3. The van der Waals surface area contributed by atoms with Crippen molar-refractivity contribution in [2.24, 2.45) is 5.73 Å². The summed E-state index contributed by atoms with van der Waals surface area (Å²) in [7, 11) is 2.04. The van der Waals surface area contributed by atoms with Gasteiger partial charge in [-0.15, -0.1) is 11.3 Å². The van der Waals surface area contributed by atoms with Crippen LogP contribution in [-0.2, 0) is 6.54 Å². The van der Waals surface area contributed by atoms with Gasteiger partial charge in [-0.25, -0.2) is 0 Å². The monoisotopic (exact) mass is 270 g/mol. The lowest BCUT2D eigenvalue weighted by Gasteiger charge is -2.24. The first kappa shape index (κ1) is 12.6. The van der Waals surface area contributed by atoms with Gasteiger partial charge in [-0.3, -0.25) is 4.90 Å². The summed E-state index contributed by atoms with van der Waals surface area (Å²) in [4.78, 5) is 3.39. The number of furan rings is 1. The predicted octanol–water partition coefficient (Wildman–Crippen LogP) is 3.13. The number of thiophene rings is 1. The van der Waals surface area contributed by atoms with Crippen molar-refractivity contribution in [1.82, 2.24) is 4.90 Å². The molecule has 0 aliphatic heterocycles. The van der Waals surface area contributed by atoms with Gasteiger partial charge in [0.2, 0.25) is 0 Å². The third-order valence-electron chi connectivity index (χ3n) is 2.66. The third kappa shape index (κ3) is 3.10. The SMILES string of the molecule is CN(Cc1ccc(Cl)s1)C(CN)c1ccco1. The molecule has 0 aromatic carbocycles. The second-order valence-electron chi connectivity index (χ2n) is 3.89. The van der Waals surface area contributed by atoms with Crippen LogP contribution in [0.5, 0.6) is 0 Å². The largest absolute Gasteiger partial charge is 0.468 e. The van der Waals surface area contributed by atoms with Crippen LogP contribution >= 0.6 is 22.9 Å². The van der Waals surface area contributed by atoms with Crippen molar-refractivity contribution in [3.8, 4) is 0 Å². The van der Waals surface area contributed by atoms with Crippen LogP contribution in [0.3, 0.4) is 0 Å². The molecule has 5 heteroatoms. The van der Waals surface area contributed by atoms with E-state index in [1.807, 2.05) is 31.3 Å². The molecule has 92 valence electrons. The molecule has 0 aliphatic rings. The molecule has 17 heavy (non-hydrogen) atoms. The molecule has 2 rings (SSSR count). The quantitative estimate of drug-likeness (QED) is 0.908. The Hall–Kier alpha value is -0.810. The summed E-state index contributed by atoms with van der Waals surface area (Å²) in [5, 5.41) is 0. The second kappa shape index (κ2) is 5.69. The van der Waals surface area contributed by atoms with Crippen molar-refractivity contribution >= 4 is 22.9 Å². The maximum Gasteiger partial charge on any atom is 0.122 e. The van der Waals surface area contributed by atoms with Gasteiger partial charge >= 0.3 is 0 Å². The minimum atomic E-state index is 0.103. The molecule has 2 aromatic rings. The molecular weight excluding hydrogens is 256 g/mol. The second-order valence-corrected chi connectivity index (χ2v) is 5.69. The van der Waals surface area contributed by atoms with Crippen LogP contribution in [0.15, 0.2) is 34.9 Å². The third-order valence-corrected chi connectivity index (χ3v) is 3.88. The molecule has 1 atom stereocenters. The van der Waals surface area contributed by atoms with Gasteiger partial charge in [0, 0.05) is 18.0 Å². The van der Waals surface area contributed by atoms with Crippen LogP contribution in [0.1, 0.15) is 16.7 Å². The smallest absolute Gasteiger partial charge is 0.122 e. The molecule has 0 saturated heterocycles. The van der Waals surface area contributed by atoms with Crippen LogP contribution in [-0.4, -0.2) is 18.5 Å². The average molecular weight is 271 g/mol. The molecule has 0 aliphatic carbocycles. The van der Waals surface area contributed by atoms with E-state index in [0.717, 1.165) is 16.6 Å². The van der Waals surface area contributed by atoms with Crippen molar-refractivity contribution in [2.45, 2.75) is 12.6 Å². The van der Waals surface area contributed by atoms with Gasteiger partial charge in [-0.1, -0.05) is 11.6 Å². The van der Waals surface area contributed by atoms with Crippen molar-refractivity contribution < 1.29 is 4.42 Å². The Labute approximate surface area is 110 Å². The maximum absolute atomic E-state index is 5.91. The van der Waals surface area contributed by atoms with Gasteiger partial charge in [0.1, 0.15) is 5.76 Å². The van der Waals surface area contributed by atoms with Crippen molar-refractivity contribution in [3.63, 3.8) is 0 Å². The Bertz CT molecular complexity index is 455. The van der Waals surface area contributed by atoms with Crippen LogP contribution in [0, 0.1) is 0 Å². The van der Waals surface area contributed by atoms with E-state index in [9.17, 15) is 0 Å². The Morgan fingerprint density at radius 3 is 2.82 bits per heavy atom. The molecule has 2 aromatic heterocycles. The number of hydrogen-bond acceptors (Lipinski definition) is 4. The lowest BCUT2D eigenvalue weighted by molar-refractivity contribution is 0.214. The first-order valence-corrected chi connectivity index (χ1v) is 6.58. The van der Waals surface area contributed by atoms with Crippen molar-refractivity contribution in [2.75, 3.05) is 13.6 Å². The molecule has 0 amide bonds. The zero-order valence-electron chi connectivity index (χ0n) is 9.60. The Kier molecular flexibility index (Phi) is 4.23. The highest BCUT2D eigenvalue weighted by atomic mass is 35.5. The van der Waals surface area contributed by atoms with Gasteiger partial charge in [0.25, 0.3) is 0 Å². The highest BCUT2D eigenvalue weighted by Gasteiger charge is 2.18. The molecule has 1 unspecified atom stereocenters. The van der Waals surface area contributed by atoms with Crippen LogP contribution in [0.25, 0.3) is 0 Å². The van der Waals surface area contributed by atoms with E-state index in [2.05, 4.69) is 4.90 Å². The van der Waals surface area contributed by atoms with Gasteiger partial charge < -0.3 is 10.2 Å². The van der Waals surface area contributed by atoms with Crippen LogP contribution in [0.4, 0.5) is 0 Å². The lowest BCUT2D eigenvalue weighted by atomic mass is 10.2. The van der Waals surface area contributed by atoms with E-state index in [-0.39, 0.29) is 6.04 Å². The van der Waals surface area contributed by atoms with Crippen molar-refractivity contribution in [1.29, 1.82) is 0 Å². The summed E-state index contributed by atoms with van der Waals surface area (Å²) < 4.78 is 6.22. The molecule has 0 spiro atoms. The molecule has 0 saturated carbocycles. The van der Waals surface area contributed by atoms with Gasteiger partial charge in [0.15, 0.2) is 0 Å². The Morgan fingerprint density at radius 1 is 1.47 bits per heavy atom. The average Bonchev–Trinajstić information content (AvgIpc) is 2.92. The number of likely N-dealkylation sites (N-methyl/N-ethyl adjacent to an activating group) is 1. The first-order chi connectivity index (χ1) is 8.20. The fourth-order valence-corrected chi connectivity index (χ4v) is 2.94. The fourth-order valence-electron chi connectivity index (χ4n) is 1.79. The molecular formula is C12H15ClN2OS. The van der Waals surface area contributed by atoms with E-state index in [0.29, 0.717) is 6.54 Å². The summed E-state index contributed by atoms with van der Waals surface area (Å²) in [6.07, 6.45) is 1.67. The Balaban J connectivity index is 2.05. The van der Waals surface area contributed by atoms with E-state index in [4.69, 9.17) is 21.8 Å². The topological polar surface area (TPSA) is 42.4 Å². The van der Waals surface area contributed by atoms with E-state index in [1.54, 1.807) is 17.6 Å². The molecule has 0 bridgehead atoms. The zero-order chi connectivity index (χ0) is 12.3.